The molecular formula is C12H15F2N3. The summed E-state index contributed by atoms with van der Waals surface area (Å²) in [6, 6.07) is 0. The molecule has 0 spiro atoms. The number of hydrazine groups is 2. The highest BCUT2D eigenvalue weighted by atomic mass is 19.3. The third kappa shape index (κ3) is 1.98. The van der Waals surface area contributed by atoms with Gasteiger partial charge < -0.3 is 10.9 Å². The summed E-state index contributed by atoms with van der Waals surface area (Å²) in [6.07, 6.45) is 4.10. The molecule has 0 unspecified atom stereocenters. The Labute approximate surface area is 98.9 Å². The van der Waals surface area contributed by atoms with Crippen LogP contribution >= 0.6 is 0 Å². The predicted molar refractivity (Wildman–Crippen MR) is 62.7 cm³/mol. The Hall–Kier alpha value is -1.62. The smallest absolute Gasteiger partial charge is 0.290 e. The van der Waals surface area contributed by atoms with Crippen LogP contribution in [0.15, 0.2) is 47.9 Å². The fourth-order valence-corrected chi connectivity index (χ4v) is 2.12. The van der Waals surface area contributed by atoms with E-state index in [1.54, 1.807) is 12.2 Å². The lowest BCUT2D eigenvalue weighted by Gasteiger charge is -2.22. The van der Waals surface area contributed by atoms with E-state index in [1.165, 1.54) is 0 Å². The highest BCUT2D eigenvalue weighted by molar-refractivity contribution is 5.49. The lowest BCUT2D eigenvalue weighted by Crippen LogP contribution is -2.36. The minimum atomic E-state index is -2.85. The van der Waals surface area contributed by atoms with Gasteiger partial charge in [0.25, 0.3) is 5.92 Å². The molecule has 17 heavy (non-hydrogen) atoms. The van der Waals surface area contributed by atoms with Crippen LogP contribution in [0.5, 0.6) is 0 Å². The minimum absolute atomic E-state index is 0.119. The molecule has 0 aromatic rings. The Morgan fingerprint density at radius 3 is 2.59 bits per heavy atom. The first-order chi connectivity index (χ1) is 8.10. The van der Waals surface area contributed by atoms with E-state index >= 15 is 0 Å². The van der Waals surface area contributed by atoms with E-state index in [2.05, 4.69) is 29.5 Å². The Bertz CT molecular complexity index is 421. The van der Waals surface area contributed by atoms with Crippen LogP contribution in [-0.4, -0.2) is 5.92 Å². The van der Waals surface area contributed by atoms with Crippen molar-refractivity contribution in [3.63, 3.8) is 0 Å². The molecule has 0 saturated heterocycles. The number of hydrogen-bond acceptors (Lipinski definition) is 3. The molecule has 92 valence electrons. The molecule has 0 aromatic carbocycles. The van der Waals surface area contributed by atoms with Crippen LogP contribution < -0.4 is 16.4 Å². The SMILES string of the molecule is C=C/C1=C(\C=C)C2=C(NNN2)C(F)(F)CCC1. The number of halogens is 2. The van der Waals surface area contributed by atoms with Gasteiger partial charge in [0.1, 0.15) is 5.70 Å². The predicted octanol–water partition coefficient (Wildman–Crippen LogP) is 2.30. The summed E-state index contributed by atoms with van der Waals surface area (Å²) in [6.45, 7) is 7.40. The Kier molecular flexibility index (Phi) is 3.02. The van der Waals surface area contributed by atoms with Crippen molar-refractivity contribution in [2.75, 3.05) is 0 Å². The lowest BCUT2D eigenvalue weighted by atomic mass is 9.92. The van der Waals surface area contributed by atoms with Gasteiger partial charge >= 0.3 is 0 Å². The largest absolute Gasteiger partial charge is 0.301 e. The molecule has 2 aliphatic rings. The molecule has 0 saturated carbocycles. The van der Waals surface area contributed by atoms with E-state index in [-0.39, 0.29) is 12.1 Å². The highest BCUT2D eigenvalue weighted by Gasteiger charge is 2.40. The Morgan fingerprint density at radius 2 is 1.94 bits per heavy atom. The van der Waals surface area contributed by atoms with Gasteiger partial charge in [-0.2, -0.15) is 14.3 Å². The average Bonchev–Trinajstić information content (AvgIpc) is 2.75. The molecule has 1 aliphatic heterocycles. The maximum atomic E-state index is 13.9. The summed E-state index contributed by atoms with van der Waals surface area (Å²) < 4.78 is 27.7. The third-order valence-corrected chi connectivity index (χ3v) is 2.99. The van der Waals surface area contributed by atoms with Crippen LogP contribution in [0.25, 0.3) is 0 Å². The first-order valence-electron chi connectivity index (χ1n) is 5.48. The zero-order valence-corrected chi connectivity index (χ0v) is 9.45. The van der Waals surface area contributed by atoms with Gasteiger partial charge in [-0.1, -0.05) is 25.3 Å². The number of alkyl halides is 2. The maximum absolute atomic E-state index is 13.9. The second kappa shape index (κ2) is 4.33. The van der Waals surface area contributed by atoms with Gasteiger partial charge in [-0.05, 0) is 18.4 Å². The lowest BCUT2D eigenvalue weighted by molar-refractivity contribution is 0.0225. The number of nitrogens with one attached hydrogen (secondary N) is 3. The molecule has 2 rings (SSSR count). The van der Waals surface area contributed by atoms with E-state index in [0.29, 0.717) is 24.1 Å². The molecule has 0 fully saturated rings. The summed E-state index contributed by atoms with van der Waals surface area (Å²) in [5.74, 6) is -2.85. The van der Waals surface area contributed by atoms with Crippen molar-refractivity contribution in [3.05, 3.63) is 47.9 Å². The number of hydrogen-bond donors (Lipinski definition) is 3. The Morgan fingerprint density at radius 1 is 1.18 bits per heavy atom. The van der Waals surface area contributed by atoms with Gasteiger partial charge in [0.2, 0.25) is 0 Å². The number of rotatable bonds is 2. The van der Waals surface area contributed by atoms with Crippen LogP contribution in [0.4, 0.5) is 8.78 Å². The van der Waals surface area contributed by atoms with Crippen LogP contribution in [-0.2, 0) is 0 Å². The average molecular weight is 239 g/mol. The van der Waals surface area contributed by atoms with Gasteiger partial charge in [0.05, 0.1) is 5.70 Å². The van der Waals surface area contributed by atoms with Crippen LogP contribution in [0.2, 0.25) is 0 Å². The van der Waals surface area contributed by atoms with Crippen molar-refractivity contribution in [3.8, 4) is 0 Å². The topological polar surface area (TPSA) is 36.1 Å². The first kappa shape index (κ1) is 11.9. The van der Waals surface area contributed by atoms with Crippen molar-refractivity contribution in [1.82, 2.24) is 16.4 Å². The van der Waals surface area contributed by atoms with Crippen molar-refractivity contribution >= 4 is 0 Å². The molecular weight excluding hydrogens is 224 g/mol. The van der Waals surface area contributed by atoms with Gasteiger partial charge in [0.15, 0.2) is 0 Å². The molecule has 5 heteroatoms. The summed E-state index contributed by atoms with van der Waals surface area (Å²) >= 11 is 0. The molecule has 0 amide bonds. The molecule has 1 heterocycles. The molecule has 0 aromatic heterocycles. The summed E-state index contributed by atoms with van der Waals surface area (Å²) in [5, 5.41) is 0. The molecule has 0 radical (unpaired) electrons. The molecule has 3 nitrogen and oxygen atoms in total. The number of allylic oxidation sites excluding steroid dienone is 4. The highest BCUT2D eigenvalue weighted by Crippen LogP contribution is 2.37. The van der Waals surface area contributed by atoms with Crippen molar-refractivity contribution in [2.45, 2.75) is 25.2 Å². The van der Waals surface area contributed by atoms with Crippen LogP contribution in [0.3, 0.4) is 0 Å². The van der Waals surface area contributed by atoms with Gasteiger partial charge in [0, 0.05) is 12.0 Å². The van der Waals surface area contributed by atoms with E-state index in [0.717, 1.165) is 5.57 Å². The molecule has 0 atom stereocenters. The fraction of sp³-hybridized carbons (Fsp3) is 0.333. The van der Waals surface area contributed by atoms with E-state index in [1.807, 2.05) is 0 Å². The quantitative estimate of drug-likeness (QED) is 0.692. The standard InChI is InChI=1S/C12H15F2N3/c1-3-8-6-5-7-12(13,14)11-10(9(8)4-2)15-17-16-11/h3-4,15-17H,1-2,5-7H2/b9-8-. The third-order valence-electron chi connectivity index (χ3n) is 2.99. The Balaban J connectivity index is 2.58. The van der Waals surface area contributed by atoms with E-state index in [4.69, 9.17) is 0 Å². The van der Waals surface area contributed by atoms with Gasteiger partial charge in [-0.25, -0.2) is 0 Å². The molecule has 1 aliphatic carbocycles. The zero-order chi connectivity index (χ0) is 12.5. The zero-order valence-electron chi connectivity index (χ0n) is 9.45. The van der Waals surface area contributed by atoms with Gasteiger partial charge in [-0.3, -0.25) is 0 Å². The van der Waals surface area contributed by atoms with Crippen LogP contribution in [0.1, 0.15) is 19.3 Å². The second-order valence-electron chi connectivity index (χ2n) is 4.03. The van der Waals surface area contributed by atoms with Crippen molar-refractivity contribution in [2.24, 2.45) is 0 Å². The summed E-state index contributed by atoms with van der Waals surface area (Å²) in [4.78, 5) is 0. The monoisotopic (exact) mass is 239 g/mol. The molecule has 0 bridgehead atoms. The van der Waals surface area contributed by atoms with Crippen molar-refractivity contribution < 1.29 is 8.78 Å². The maximum Gasteiger partial charge on any atom is 0.290 e. The fourth-order valence-electron chi connectivity index (χ4n) is 2.12. The first-order valence-corrected chi connectivity index (χ1v) is 5.48. The molecule has 3 N–H and O–H groups in total. The second-order valence-corrected chi connectivity index (χ2v) is 4.03. The summed E-state index contributed by atoms with van der Waals surface area (Å²) in [5.41, 5.74) is 9.55. The van der Waals surface area contributed by atoms with E-state index < -0.39 is 5.92 Å². The van der Waals surface area contributed by atoms with Crippen molar-refractivity contribution in [1.29, 1.82) is 0 Å². The normalized spacial score (nSPS) is 27.4. The van der Waals surface area contributed by atoms with Crippen LogP contribution in [0, 0.1) is 0 Å². The van der Waals surface area contributed by atoms with E-state index in [9.17, 15) is 8.78 Å². The minimum Gasteiger partial charge on any atom is -0.301 e. The summed E-state index contributed by atoms with van der Waals surface area (Å²) in [7, 11) is 0. The van der Waals surface area contributed by atoms with Gasteiger partial charge in [-0.15, -0.1) is 0 Å².